The fourth-order valence-electron chi connectivity index (χ4n) is 3.08. The first-order chi connectivity index (χ1) is 13.5. The number of nitro groups is 1. The van der Waals surface area contributed by atoms with E-state index < -0.39 is 22.6 Å². The average Bonchev–Trinajstić information content (AvgIpc) is 2.89. The molecule has 11 heteroatoms. The number of benzene rings is 1. The predicted octanol–water partition coefficient (Wildman–Crippen LogP) is 3.91. The first-order valence-corrected chi connectivity index (χ1v) is 8.94. The second kappa shape index (κ2) is 8.50. The van der Waals surface area contributed by atoms with Crippen LogP contribution in [0.3, 0.4) is 0 Å². The summed E-state index contributed by atoms with van der Waals surface area (Å²) in [6, 6.07) is 3.17. The van der Waals surface area contributed by atoms with Gasteiger partial charge in [0.2, 0.25) is 5.91 Å². The van der Waals surface area contributed by atoms with E-state index in [4.69, 9.17) is 0 Å². The van der Waals surface area contributed by atoms with Crippen molar-refractivity contribution in [2.24, 2.45) is 0 Å². The molecule has 1 N–H and O–H groups in total. The molecule has 1 aromatic carbocycles. The van der Waals surface area contributed by atoms with Crippen LogP contribution in [0.2, 0.25) is 0 Å². The molecule has 0 saturated heterocycles. The number of rotatable bonds is 7. The summed E-state index contributed by atoms with van der Waals surface area (Å²) in [6.45, 7) is 7.31. The third-order valence-corrected chi connectivity index (χ3v) is 4.52. The van der Waals surface area contributed by atoms with Crippen molar-refractivity contribution in [2.45, 2.75) is 40.4 Å². The van der Waals surface area contributed by atoms with E-state index in [0.29, 0.717) is 18.8 Å². The first-order valence-electron chi connectivity index (χ1n) is 8.94. The molecule has 8 nitrogen and oxygen atoms in total. The molecule has 2 aromatic rings. The standard InChI is InChI=1S/C18H22F3N5O3/c1-5-24(6-2)15-8-7-13(18(19,20)21)9-14(15)22-16(27)10-25-12(4)17(26(28)29)11(3)23-25/h7-9H,5-6,10H2,1-4H3,(H,22,27). The molecule has 0 aliphatic carbocycles. The van der Waals surface area contributed by atoms with E-state index in [1.807, 2.05) is 18.7 Å². The molecule has 0 saturated carbocycles. The first kappa shape index (κ1) is 22.2. The van der Waals surface area contributed by atoms with Gasteiger partial charge in [-0.15, -0.1) is 0 Å². The summed E-state index contributed by atoms with van der Waals surface area (Å²) in [5.74, 6) is -0.641. The summed E-state index contributed by atoms with van der Waals surface area (Å²) in [4.78, 5) is 24.8. The number of halogens is 3. The molecule has 0 atom stereocenters. The van der Waals surface area contributed by atoms with Crippen molar-refractivity contribution in [3.05, 3.63) is 45.3 Å². The maximum absolute atomic E-state index is 13.1. The van der Waals surface area contributed by atoms with Gasteiger partial charge in [-0.05, 0) is 45.9 Å². The maximum atomic E-state index is 13.1. The van der Waals surface area contributed by atoms with Gasteiger partial charge < -0.3 is 10.2 Å². The number of aromatic nitrogens is 2. The summed E-state index contributed by atoms with van der Waals surface area (Å²) in [5.41, 5.74) is -0.259. The number of aryl methyl sites for hydroxylation is 1. The molecular formula is C18H22F3N5O3. The Morgan fingerprint density at radius 2 is 1.90 bits per heavy atom. The highest BCUT2D eigenvalue weighted by Crippen LogP contribution is 2.35. The third kappa shape index (κ3) is 4.84. The maximum Gasteiger partial charge on any atom is 0.416 e. The molecule has 0 fully saturated rings. The van der Waals surface area contributed by atoms with Gasteiger partial charge in [0.15, 0.2) is 0 Å². The lowest BCUT2D eigenvalue weighted by atomic mass is 10.1. The van der Waals surface area contributed by atoms with Gasteiger partial charge in [0.05, 0.1) is 21.9 Å². The average molecular weight is 413 g/mol. The second-order valence-corrected chi connectivity index (χ2v) is 6.38. The molecule has 1 amide bonds. The zero-order chi connectivity index (χ0) is 21.9. The molecule has 0 radical (unpaired) electrons. The smallest absolute Gasteiger partial charge is 0.370 e. The number of carbonyl (C=O) groups is 1. The van der Waals surface area contributed by atoms with Crippen molar-refractivity contribution < 1.29 is 22.9 Å². The molecule has 1 heterocycles. The van der Waals surface area contributed by atoms with Gasteiger partial charge in [-0.1, -0.05) is 0 Å². The van der Waals surface area contributed by atoms with Crippen molar-refractivity contribution in [2.75, 3.05) is 23.3 Å². The Balaban J connectivity index is 2.35. The van der Waals surface area contributed by atoms with Crippen LogP contribution in [0.15, 0.2) is 18.2 Å². The van der Waals surface area contributed by atoms with E-state index in [9.17, 15) is 28.1 Å². The Morgan fingerprint density at radius 1 is 1.28 bits per heavy atom. The van der Waals surface area contributed by atoms with Crippen molar-refractivity contribution >= 4 is 23.0 Å². The van der Waals surface area contributed by atoms with Gasteiger partial charge >= 0.3 is 11.9 Å². The normalized spacial score (nSPS) is 11.4. The molecule has 1 aromatic heterocycles. The second-order valence-electron chi connectivity index (χ2n) is 6.38. The van der Waals surface area contributed by atoms with Gasteiger partial charge in [-0.25, -0.2) is 0 Å². The number of carbonyl (C=O) groups excluding carboxylic acids is 1. The Morgan fingerprint density at radius 3 is 2.38 bits per heavy atom. The number of nitrogens with one attached hydrogen (secondary N) is 1. The van der Waals surface area contributed by atoms with E-state index in [1.54, 1.807) is 0 Å². The molecular weight excluding hydrogens is 391 g/mol. The highest BCUT2D eigenvalue weighted by atomic mass is 19.4. The van der Waals surface area contributed by atoms with E-state index in [2.05, 4.69) is 10.4 Å². The topological polar surface area (TPSA) is 93.3 Å². The SMILES string of the molecule is CCN(CC)c1ccc(C(F)(F)F)cc1NC(=O)Cn1nc(C)c([N+](=O)[O-])c1C. The molecule has 2 rings (SSSR count). The van der Waals surface area contributed by atoms with Crippen molar-refractivity contribution in [3.8, 4) is 0 Å². The van der Waals surface area contributed by atoms with Crippen molar-refractivity contribution in [1.29, 1.82) is 0 Å². The fourth-order valence-corrected chi connectivity index (χ4v) is 3.08. The Bertz CT molecular complexity index is 920. The number of hydrogen-bond donors (Lipinski definition) is 1. The summed E-state index contributed by atoms with van der Waals surface area (Å²) >= 11 is 0. The van der Waals surface area contributed by atoms with Crippen LogP contribution < -0.4 is 10.2 Å². The van der Waals surface area contributed by atoms with E-state index in [-0.39, 0.29) is 29.3 Å². The zero-order valence-corrected chi connectivity index (χ0v) is 16.5. The highest BCUT2D eigenvalue weighted by molar-refractivity contribution is 5.94. The number of hydrogen-bond acceptors (Lipinski definition) is 5. The molecule has 0 spiro atoms. The summed E-state index contributed by atoms with van der Waals surface area (Å²) in [5, 5.41) is 17.6. The molecule has 29 heavy (non-hydrogen) atoms. The number of alkyl halides is 3. The van der Waals surface area contributed by atoms with Crippen LogP contribution in [-0.4, -0.2) is 33.7 Å². The fraction of sp³-hybridized carbons (Fsp3) is 0.444. The molecule has 0 aliphatic heterocycles. The van der Waals surface area contributed by atoms with Gasteiger partial charge in [-0.3, -0.25) is 19.6 Å². The lowest BCUT2D eigenvalue weighted by Gasteiger charge is -2.25. The Kier molecular flexibility index (Phi) is 6.50. The van der Waals surface area contributed by atoms with E-state index in [1.165, 1.54) is 19.9 Å². The van der Waals surface area contributed by atoms with Crippen LogP contribution in [0, 0.1) is 24.0 Å². The zero-order valence-electron chi connectivity index (χ0n) is 16.5. The van der Waals surface area contributed by atoms with E-state index in [0.717, 1.165) is 16.8 Å². The summed E-state index contributed by atoms with van der Waals surface area (Å²) in [6.07, 6.45) is -4.56. The number of nitrogens with zero attached hydrogens (tertiary/aromatic N) is 4. The van der Waals surface area contributed by atoms with E-state index >= 15 is 0 Å². The number of amides is 1. The molecule has 0 bridgehead atoms. The lowest BCUT2D eigenvalue weighted by Crippen LogP contribution is -2.26. The Hall–Kier alpha value is -3.11. The monoisotopic (exact) mass is 413 g/mol. The third-order valence-electron chi connectivity index (χ3n) is 4.52. The molecule has 0 unspecified atom stereocenters. The Labute approximate surface area is 165 Å². The van der Waals surface area contributed by atoms with Crippen LogP contribution in [0.4, 0.5) is 30.2 Å². The quantitative estimate of drug-likeness (QED) is 0.549. The number of anilines is 2. The minimum atomic E-state index is -4.56. The summed E-state index contributed by atoms with van der Waals surface area (Å²) < 4.78 is 40.5. The van der Waals surface area contributed by atoms with Crippen molar-refractivity contribution in [3.63, 3.8) is 0 Å². The predicted molar refractivity (Wildman–Crippen MR) is 102 cm³/mol. The van der Waals surface area contributed by atoms with Gasteiger partial charge in [-0.2, -0.15) is 18.3 Å². The van der Waals surface area contributed by atoms with Gasteiger partial charge in [0.25, 0.3) is 0 Å². The molecule has 0 aliphatic rings. The van der Waals surface area contributed by atoms with Crippen LogP contribution in [0.5, 0.6) is 0 Å². The minimum absolute atomic E-state index is 0.0181. The van der Waals surface area contributed by atoms with Crippen LogP contribution in [-0.2, 0) is 17.5 Å². The highest BCUT2D eigenvalue weighted by Gasteiger charge is 2.31. The van der Waals surface area contributed by atoms with Crippen LogP contribution in [0.25, 0.3) is 0 Å². The van der Waals surface area contributed by atoms with Crippen LogP contribution in [0.1, 0.15) is 30.8 Å². The van der Waals surface area contributed by atoms with Crippen LogP contribution >= 0.6 is 0 Å². The largest absolute Gasteiger partial charge is 0.416 e. The van der Waals surface area contributed by atoms with Crippen molar-refractivity contribution in [1.82, 2.24) is 9.78 Å². The lowest BCUT2D eigenvalue weighted by molar-refractivity contribution is -0.386. The van der Waals surface area contributed by atoms with Gasteiger partial charge in [0.1, 0.15) is 17.9 Å². The minimum Gasteiger partial charge on any atom is -0.370 e. The van der Waals surface area contributed by atoms with Gasteiger partial charge in [0, 0.05) is 13.1 Å². The summed E-state index contributed by atoms with van der Waals surface area (Å²) in [7, 11) is 0. The molecule has 158 valence electrons.